The third kappa shape index (κ3) is 18.0. The van der Waals surface area contributed by atoms with Crippen molar-refractivity contribution in [2.45, 2.75) is 180 Å². The molecule has 0 radical (unpaired) electrons. The number of carbonyl (C=O) groups is 6. The van der Waals surface area contributed by atoms with Gasteiger partial charge in [-0.1, -0.05) is 15.9 Å². The molecule has 0 saturated carbocycles. The van der Waals surface area contributed by atoms with Crippen LogP contribution in [-0.4, -0.2) is 159 Å². The molecule has 5 aliphatic rings. The first-order valence-electron chi connectivity index (χ1n) is 27.2. The highest BCUT2D eigenvalue weighted by molar-refractivity contribution is 9.10. The molecule has 2 aromatic rings. The number of hydrogen-bond donors (Lipinski definition) is 2. The van der Waals surface area contributed by atoms with Crippen molar-refractivity contribution in [3.63, 3.8) is 0 Å². The molecule has 4 fully saturated rings. The van der Waals surface area contributed by atoms with E-state index in [-0.39, 0.29) is 64.5 Å². The molecular formula is C57H81BrClF3N5O12+. The number of fused-ring (bicyclic) bond motifs is 1. The molecule has 5 heterocycles. The van der Waals surface area contributed by atoms with Gasteiger partial charge in [-0.25, -0.2) is 9.59 Å². The van der Waals surface area contributed by atoms with Gasteiger partial charge in [0.1, 0.15) is 29.1 Å². The summed E-state index contributed by atoms with van der Waals surface area (Å²) in [5.74, 6) is -0.399. The van der Waals surface area contributed by atoms with E-state index in [4.69, 9.17) is 41.0 Å². The number of nitrogen functional groups attached to an aromatic ring is 1. The fraction of sp³-hybridized carbons (Fsp3) is 0.667. The van der Waals surface area contributed by atoms with E-state index in [0.29, 0.717) is 62.6 Å². The van der Waals surface area contributed by atoms with E-state index in [1.54, 1.807) is 45.9 Å². The zero-order valence-corrected chi connectivity index (χ0v) is 49.9. The van der Waals surface area contributed by atoms with E-state index < -0.39 is 64.4 Å². The van der Waals surface area contributed by atoms with Gasteiger partial charge in [-0.05, 0) is 162 Å². The van der Waals surface area contributed by atoms with Crippen molar-refractivity contribution in [2.75, 3.05) is 58.3 Å². The lowest BCUT2D eigenvalue weighted by Crippen LogP contribution is -2.54. The van der Waals surface area contributed by atoms with Gasteiger partial charge in [0.2, 0.25) is 5.24 Å². The molecule has 2 aromatic carbocycles. The van der Waals surface area contributed by atoms with Gasteiger partial charge in [0.15, 0.2) is 18.4 Å². The Balaban J connectivity index is 0.000000246. The molecule has 17 nitrogen and oxygen atoms in total. The van der Waals surface area contributed by atoms with Crippen LogP contribution in [0.4, 0.5) is 28.4 Å². The zero-order valence-electron chi connectivity index (χ0n) is 47.5. The second-order valence-corrected chi connectivity index (χ2v) is 24.8. The van der Waals surface area contributed by atoms with Crippen LogP contribution in [0.2, 0.25) is 0 Å². The summed E-state index contributed by atoms with van der Waals surface area (Å²) in [6.45, 7) is 24.4. The number of Topliss-reactive ketones (excluding diaryl/α,β-unsaturated/α-hetero) is 1. The minimum Gasteiger partial charge on any atom is -0.506 e. The number of likely N-dealkylation sites (tertiary alicyclic amines) is 2. The number of phenols is 1. The molecule has 4 atom stereocenters. The van der Waals surface area contributed by atoms with Gasteiger partial charge in [-0.3, -0.25) is 24.1 Å². The molecule has 22 heteroatoms. The molecule has 7 rings (SSSR count). The first kappa shape index (κ1) is 64.8. The molecule has 3 N–H and O–H groups in total. The van der Waals surface area contributed by atoms with E-state index in [1.165, 1.54) is 9.80 Å². The Morgan fingerprint density at radius 3 is 1.87 bits per heavy atom. The van der Waals surface area contributed by atoms with E-state index in [1.807, 2.05) is 58.6 Å². The monoisotopic (exact) mass is 1200 g/mol. The van der Waals surface area contributed by atoms with Crippen molar-refractivity contribution >= 4 is 68.2 Å². The summed E-state index contributed by atoms with van der Waals surface area (Å²) in [6, 6.07) is 3.88. The molecule has 0 spiro atoms. The normalized spacial score (nSPS) is 20.7. The SMILES string of the molecule is CC(C)N(C(=O)c1cc(N)c(O)cc1C(F)(F)F)[C@@H]1C[CH+]CN(C(=O)OC(C)(C)C)C1.Cc1cc2c(cc1C(=O)N(C(C)C)[C@@H]1CCCN(C(=O)OC(C)(C)C)C1)CC(=O)C(C1CCOCC1)O2.O=C(Cl)C(Br)C1CCOCC1. The minimum atomic E-state index is -4.86. The maximum atomic E-state index is 13.9. The molecule has 4 saturated heterocycles. The van der Waals surface area contributed by atoms with Gasteiger partial charge in [0, 0.05) is 75.1 Å². The van der Waals surface area contributed by atoms with Crippen LogP contribution in [0.25, 0.3) is 0 Å². The number of amides is 4. The van der Waals surface area contributed by atoms with Crippen molar-refractivity contribution in [1.82, 2.24) is 19.6 Å². The largest absolute Gasteiger partial charge is 0.506 e. The molecule has 79 heavy (non-hydrogen) atoms. The number of nitrogens with zero attached hydrogens (tertiary/aromatic N) is 4. The van der Waals surface area contributed by atoms with Crippen LogP contribution in [0.5, 0.6) is 11.5 Å². The number of halogens is 5. The lowest BCUT2D eigenvalue weighted by atomic mass is 9.86. The maximum Gasteiger partial charge on any atom is 0.417 e. The highest BCUT2D eigenvalue weighted by Crippen LogP contribution is 2.39. The van der Waals surface area contributed by atoms with Crippen LogP contribution in [0.1, 0.15) is 152 Å². The second kappa shape index (κ2) is 27.7. The summed E-state index contributed by atoms with van der Waals surface area (Å²) >= 11 is 8.60. The Bertz CT molecular complexity index is 2470. The van der Waals surface area contributed by atoms with E-state index >= 15 is 0 Å². The second-order valence-electron chi connectivity index (χ2n) is 23.4. The van der Waals surface area contributed by atoms with Crippen LogP contribution in [0, 0.1) is 25.2 Å². The Kier molecular flexibility index (Phi) is 22.7. The summed E-state index contributed by atoms with van der Waals surface area (Å²) in [5, 5.41) is 9.35. The number of piperidine rings is 2. The number of phenolic OH excluding ortho intramolecular Hbond substituents is 1. The van der Waals surface area contributed by atoms with E-state index in [9.17, 15) is 47.0 Å². The van der Waals surface area contributed by atoms with Gasteiger partial charge in [0.05, 0.1) is 46.7 Å². The van der Waals surface area contributed by atoms with Gasteiger partial charge < -0.3 is 49.2 Å². The average molecular weight is 1200 g/mol. The lowest BCUT2D eigenvalue weighted by Gasteiger charge is -2.42. The summed E-state index contributed by atoms with van der Waals surface area (Å²) in [4.78, 5) is 82.2. The number of ketones is 1. The van der Waals surface area contributed by atoms with Gasteiger partial charge >= 0.3 is 18.4 Å². The number of hydrogen-bond acceptors (Lipinski definition) is 13. The van der Waals surface area contributed by atoms with Crippen LogP contribution >= 0.6 is 27.5 Å². The number of benzene rings is 2. The van der Waals surface area contributed by atoms with Crippen LogP contribution in [0.3, 0.4) is 0 Å². The predicted molar refractivity (Wildman–Crippen MR) is 296 cm³/mol. The zero-order chi connectivity index (χ0) is 58.9. The number of anilines is 1. The summed E-state index contributed by atoms with van der Waals surface area (Å²) in [7, 11) is 0. The average Bonchev–Trinajstić information content (AvgIpc) is 3.36. The topological polar surface area (TPSA) is 208 Å². The van der Waals surface area contributed by atoms with Crippen LogP contribution < -0.4 is 10.5 Å². The Morgan fingerprint density at radius 2 is 1.33 bits per heavy atom. The molecule has 440 valence electrons. The van der Waals surface area contributed by atoms with Crippen LogP contribution in [0.15, 0.2) is 24.3 Å². The fourth-order valence-corrected chi connectivity index (χ4v) is 11.1. The Hall–Kier alpha value is -4.99. The van der Waals surface area contributed by atoms with Crippen molar-refractivity contribution in [1.29, 1.82) is 0 Å². The van der Waals surface area contributed by atoms with Gasteiger partial charge in [0.25, 0.3) is 11.8 Å². The van der Waals surface area contributed by atoms with E-state index in [2.05, 4.69) is 15.9 Å². The Morgan fingerprint density at radius 1 is 0.797 bits per heavy atom. The highest BCUT2D eigenvalue weighted by atomic mass is 79.9. The molecule has 2 unspecified atom stereocenters. The van der Waals surface area contributed by atoms with Crippen molar-refractivity contribution < 1.29 is 70.7 Å². The van der Waals surface area contributed by atoms with Crippen molar-refractivity contribution in [3.05, 3.63) is 58.5 Å². The molecule has 4 amide bonds. The molecule has 0 aromatic heterocycles. The Labute approximate surface area is 476 Å². The van der Waals surface area contributed by atoms with Crippen LogP contribution in [-0.2, 0) is 41.1 Å². The third-order valence-corrected chi connectivity index (χ3v) is 15.8. The quantitative estimate of drug-likeness (QED) is 0.0789. The first-order valence-corrected chi connectivity index (χ1v) is 28.5. The number of ether oxygens (including phenoxy) is 5. The van der Waals surface area contributed by atoms with Crippen molar-refractivity contribution in [3.8, 4) is 11.5 Å². The molecule has 0 aliphatic carbocycles. The number of carbonyl (C=O) groups excluding carboxylic acids is 6. The maximum absolute atomic E-state index is 13.9. The number of aromatic hydroxyl groups is 1. The summed E-state index contributed by atoms with van der Waals surface area (Å²) in [6.07, 6.45) is 1.39. The number of nitrogens with two attached hydrogens (primary N) is 1. The standard InChI is InChI=1S/C29H42N2O6.C21H28F3N3O4.C7H10BrClO2/c1-18(2)31(22-8-7-11-30(17-22)28(34)37-29(4,5)6)27(33)23-15-21-16-24(32)26(20-9-12-35-13-10-20)36-25(21)14-19(23)3;1-12(2)27(13-7-6-8-26(11-13)19(30)31-20(3,4)5)18(29)14-9-16(25)17(28)10-15(14)21(22,23)24;8-6(7(9)10)5-1-3-11-4-2-5/h14-15,18,20,22,26H,7-13,16-17H2,1-6H3;6,9-10,12-13H,7-8,11,25H2,1-5H3;5-6H,1-4H2/p+1/t22-,26?;13-;/m11./s1. The van der Waals surface area contributed by atoms with E-state index in [0.717, 1.165) is 68.9 Å². The summed E-state index contributed by atoms with van der Waals surface area (Å²) < 4.78 is 68.4. The summed E-state index contributed by atoms with van der Waals surface area (Å²) in [5.41, 5.74) is 4.25. The molecular weight excluding hydrogens is 1120 g/mol. The predicted octanol–water partition coefficient (Wildman–Crippen LogP) is 10.5. The smallest absolute Gasteiger partial charge is 0.417 e. The lowest BCUT2D eigenvalue weighted by molar-refractivity contribution is -0.138. The number of rotatable bonds is 9. The molecule has 0 bridgehead atoms. The number of aryl methyl sites for hydroxylation is 1. The first-order chi connectivity index (χ1) is 36.8. The van der Waals surface area contributed by atoms with Gasteiger partial charge in [-0.2, -0.15) is 13.2 Å². The third-order valence-electron chi connectivity index (χ3n) is 14.2. The highest BCUT2D eigenvalue weighted by Gasteiger charge is 2.43. The fourth-order valence-electron chi connectivity index (χ4n) is 10.4. The molecule has 5 aliphatic heterocycles. The minimum absolute atomic E-state index is 0.0534. The van der Waals surface area contributed by atoms with Gasteiger partial charge in [-0.15, -0.1) is 0 Å². The van der Waals surface area contributed by atoms with Crippen molar-refractivity contribution in [2.24, 2.45) is 11.8 Å². The number of alkyl halides is 4.